The predicted octanol–water partition coefficient (Wildman–Crippen LogP) is 1.03. The van der Waals surface area contributed by atoms with E-state index in [-0.39, 0.29) is 18.2 Å². The van der Waals surface area contributed by atoms with Gasteiger partial charge in [-0.05, 0) is 20.3 Å². The molecule has 2 heterocycles. The summed E-state index contributed by atoms with van der Waals surface area (Å²) in [6.07, 6.45) is 4.71. The van der Waals surface area contributed by atoms with Crippen molar-refractivity contribution in [3.05, 3.63) is 12.4 Å². The topological polar surface area (TPSA) is 82.3 Å². The molecule has 1 saturated heterocycles. The van der Waals surface area contributed by atoms with E-state index in [2.05, 4.69) is 39.6 Å². The molecule has 0 aliphatic carbocycles. The van der Waals surface area contributed by atoms with Gasteiger partial charge in [0.05, 0.1) is 24.1 Å². The number of hydrogen-bond donors (Lipinski definition) is 3. The Morgan fingerprint density at radius 2 is 2.25 bits per heavy atom. The average molecular weight is 281 g/mol. The number of amides is 2. The molecule has 0 radical (unpaired) electrons. The van der Waals surface area contributed by atoms with Gasteiger partial charge in [0.25, 0.3) is 0 Å². The summed E-state index contributed by atoms with van der Waals surface area (Å²) >= 11 is 0. The fourth-order valence-electron chi connectivity index (χ4n) is 2.47. The number of carbonyl (C=O) groups is 1. The van der Waals surface area contributed by atoms with Crippen LogP contribution in [0.3, 0.4) is 0 Å². The number of nitrogens with one attached hydrogen (secondary N) is 3. The fourth-order valence-corrected chi connectivity index (χ4v) is 2.47. The molecule has 1 aromatic rings. The first-order valence-corrected chi connectivity index (χ1v) is 7.05. The fraction of sp³-hybridized carbons (Fsp3) is 0.692. The molecule has 112 valence electrons. The zero-order valence-electron chi connectivity index (χ0n) is 12.1. The second-order valence-corrected chi connectivity index (χ2v) is 5.24. The maximum Gasteiger partial charge on any atom is 0.319 e. The Kier molecular flexibility index (Phi) is 5.37. The number of aromatic amines is 1. The predicted molar refractivity (Wildman–Crippen MR) is 76.7 cm³/mol. The number of morpholine rings is 1. The van der Waals surface area contributed by atoms with Crippen molar-refractivity contribution in [2.45, 2.75) is 32.5 Å². The lowest BCUT2D eigenvalue weighted by atomic mass is 10.2. The Bertz CT molecular complexity index is 399. The smallest absolute Gasteiger partial charge is 0.319 e. The minimum Gasteiger partial charge on any atom is -0.373 e. The quantitative estimate of drug-likeness (QED) is 0.704. The van der Waals surface area contributed by atoms with Gasteiger partial charge in [-0.2, -0.15) is 5.10 Å². The lowest BCUT2D eigenvalue weighted by molar-refractivity contribution is -0.0679. The first-order valence-electron chi connectivity index (χ1n) is 7.05. The molecule has 2 unspecified atom stereocenters. The molecule has 0 aromatic carbocycles. The van der Waals surface area contributed by atoms with Crippen LogP contribution >= 0.6 is 0 Å². The van der Waals surface area contributed by atoms with Crippen molar-refractivity contribution < 1.29 is 9.53 Å². The highest BCUT2D eigenvalue weighted by atomic mass is 16.5. The molecule has 0 spiro atoms. The number of urea groups is 1. The van der Waals surface area contributed by atoms with Gasteiger partial charge in [0.1, 0.15) is 0 Å². The average Bonchev–Trinajstić information content (AvgIpc) is 2.86. The number of anilines is 1. The van der Waals surface area contributed by atoms with Crippen molar-refractivity contribution in [1.29, 1.82) is 0 Å². The van der Waals surface area contributed by atoms with Crippen molar-refractivity contribution in [1.82, 2.24) is 20.4 Å². The van der Waals surface area contributed by atoms with Gasteiger partial charge in [0.15, 0.2) is 0 Å². The number of H-pyrrole nitrogens is 1. The normalized spacial score (nSPS) is 23.5. The molecular weight excluding hydrogens is 258 g/mol. The van der Waals surface area contributed by atoms with E-state index < -0.39 is 0 Å². The van der Waals surface area contributed by atoms with Crippen molar-refractivity contribution in [3.8, 4) is 0 Å². The minimum absolute atomic E-state index is 0.199. The summed E-state index contributed by atoms with van der Waals surface area (Å²) in [4.78, 5) is 14.0. The van der Waals surface area contributed by atoms with Crippen molar-refractivity contribution >= 4 is 11.7 Å². The summed E-state index contributed by atoms with van der Waals surface area (Å²) in [6, 6.07) is -0.199. The first kappa shape index (κ1) is 14.8. The van der Waals surface area contributed by atoms with Crippen LogP contribution in [0.2, 0.25) is 0 Å². The Morgan fingerprint density at radius 3 is 2.90 bits per heavy atom. The summed E-state index contributed by atoms with van der Waals surface area (Å²) in [7, 11) is 0. The molecule has 20 heavy (non-hydrogen) atoms. The van der Waals surface area contributed by atoms with Crippen LogP contribution in [0.25, 0.3) is 0 Å². The lowest BCUT2D eigenvalue weighted by Gasteiger charge is -2.35. The largest absolute Gasteiger partial charge is 0.373 e. The SMILES string of the molecule is CC1CN(CCCNC(=O)Nc2cn[nH]c2)CC(C)O1. The summed E-state index contributed by atoms with van der Waals surface area (Å²) in [5, 5.41) is 11.9. The monoisotopic (exact) mass is 281 g/mol. The van der Waals surface area contributed by atoms with Gasteiger partial charge in [0, 0.05) is 32.4 Å². The van der Waals surface area contributed by atoms with Crippen molar-refractivity contribution in [3.63, 3.8) is 0 Å². The minimum atomic E-state index is -0.199. The van der Waals surface area contributed by atoms with E-state index >= 15 is 0 Å². The van der Waals surface area contributed by atoms with Crippen LogP contribution in [0.1, 0.15) is 20.3 Å². The molecule has 2 rings (SSSR count). The van der Waals surface area contributed by atoms with Crippen molar-refractivity contribution in [2.75, 3.05) is 31.5 Å². The number of nitrogens with zero attached hydrogens (tertiary/aromatic N) is 2. The third-order valence-corrected chi connectivity index (χ3v) is 3.19. The molecule has 2 amide bonds. The maximum absolute atomic E-state index is 11.6. The third kappa shape index (κ3) is 4.82. The molecule has 1 fully saturated rings. The molecule has 1 aliphatic heterocycles. The van der Waals surface area contributed by atoms with Gasteiger partial charge in [-0.3, -0.25) is 10.00 Å². The van der Waals surface area contributed by atoms with Gasteiger partial charge in [-0.25, -0.2) is 4.79 Å². The Labute approximate surface area is 119 Å². The zero-order valence-corrected chi connectivity index (χ0v) is 12.1. The Hall–Kier alpha value is -1.60. The van der Waals surface area contributed by atoms with Crippen LogP contribution in [-0.2, 0) is 4.74 Å². The van der Waals surface area contributed by atoms with Crippen LogP contribution in [0.4, 0.5) is 10.5 Å². The van der Waals surface area contributed by atoms with Gasteiger partial charge in [-0.15, -0.1) is 0 Å². The van der Waals surface area contributed by atoms with Crippen LogP contribution < -0.4 is 10.6 Å². The molecular formula is C13H23N5O2. The standard InChI is InChI=1S/C13H23N5O2/c1-10-8-18(9-11(2)20-10)5-3-4-14-13(19)17-12-6-15-16-7-12/h6-7,10-11H,3-5,8-9H2,1-2H3,(H,15,16)(H2,14,17,19). The van der Waals surface area contributed by atoms with E-state index in [9.17, 15) is 4.79 Å². The highest BCUT2D eigenvalue weighted by molar-refractivity contribution is 5.88. The number of rotatable bonds is 5. The lowest BCUT2D eigenvalue weighted by Crippen LogP contribution is -2.46. The highest BCUT2D eigenvalue weighted by Gasteiger charge is 2.21. The van der Waals surface area contributed by atoms with Gasteiger partial charge >= 0.3 is 6.03 Å². The molecule has 1 aliphatic rings. The van der Waals surface area contributed by atoms with Gasteiger partial charge in [0.2, 0.25) is 0 Å². The summed E-state index contributed by atoms with van der Waals surface area (Å²) in [5.41, 5.74) is 0.665. The second kappa shape index (κ2) is 7.25. The number of aromatic nitrogens is 2. The van der Waals surface area contributed by atoms with Crippen LogP contribution in [0.15, 0.2) is 12.4 Å². The van der Waals surface area contributed by atoms with Crippen molar-refractivity contribution in [2.24, 2.45) is 0 Å². The molecule has 7 nitrogen and oxygen atoms in total. The number of hydrogen-bond acceptors (Lipinski definition) is 4. The summed E-state index contributed by atoms with van der Waals surface area (Å²) in [6.45, 7) is 7.75. The number of carbonyl (C=O) groups excluding carboxylic acids is 1. The van der Waals surface area contributed by atoms with Crippen LogP contribution in [-0.4, -0.2) is 59.5 Å². The van der Waals surface area contributed by atoms with Gasteiger partial charge < -0.3 is 15.4 Å². The van der Waals surface area contributed by atoms with Gasteiger partial charge in [-0.1, -0.05) is 0 Å². The molecule has 2 atom stereocenters. The molecule has 7 heteroatoms. The molecule has 1 aromatic heterocycles. The van der Waals surface area contributed by atoms with E-state index in [0.717, 1.165) is 26.1 Å². The van der Waals surface area contributed by atoms with Crippen LogP contribution in [0, 0.1) is 0 Å². The maximum atomic E-state index is 11.6. The van der Waals surface area contributed by atoms with E-state index in [1.165, 1.54) is 0 Å². The van der Waals surface area contributed by atoms with E-state index in [1.54, 1.807) is 12.4 Å². The number of ether oxygens (including phenoxy) is 1. The summed E-state index contributed by atoms with van der Waals surface area (Å²) in [5.74, 6) is 0. The Balaban J connectivity index is 1.58. The van der Waals surface area contributed by atoms with E-state index in [1.807, 2.05) is 0 Å². The summed E-state index contributed by atoms with van der Waals surface area (Å²) < 4.78 is 5.69. The van der Waals surface area contributed by atoms with Crippen LogP contribution in [0.5, 0.6) is 0 Å². The Morgan fingerprint density at radius 1 is 1.50 bits per heavy atom. The molecule has 3 N–H and O–H groups in total. The van der Waals surface area contributed by atoms with E-state index in [4.69, 9.17) is 4.74 Å². The molecule has 0 bridgehead atoms. The third-order valence-electron chi connectivity index (χ3n) is 3.19. The molecule has 0 saturated carbocycles. The first-order chi connectivity index (χ1) is 9.63. The highest BCUT2D eigenvalue weighted by Crippen LogP contribution is 2.10. The zero-order chi connectivity index (χ0) is 14.4. The second-order valence-electron chi connectivity index (χ2n) is 5.24. The van der Waals surface area contributed by atoms with E-state index in [0.29, 0.717) is 12.2 Å².